The van der Waals surface area contributed by atoms with Crippen molar-refractivity contribution in [2.75, 3.05) is 13.2 Å². The molecule has 8 rings (SSSR count). The number of phenolic OH excluding ortho intramolecular Hbond substituents is 4. The summed E-state index contributed by atoms with van der Waals surface area (Å²) in [5.41, 5.74) is -0.877. The average Bonchev–Trinajstić information content (AvgIpc) is 3.36. The van der Waals surface area contributed by atoms with Crippen LogP contribution in [0.25, 0.3) is 28.4 Å². The van der Waals surface area contributed by atoms with Crippen molar-refractivity contribution in [2.45, 2.75) is 137 Å². The van der Waals surface area contributed by atoms with Gasteiger partial charge in [0.15, 0.2) is 36.8 Å². The van der Waals surface area contributed by atoms with E-state index in [4.69, 9.17) is 47.0 Å². The zero-order valence-electron chi connectivity index (χ0n) is 39.0. The van der Waals surface area contributed by atoms with Crippen LogP contribution in [0.15, 0.2) is 76.0 Å². The average molecular weight is 1050 g/mol. The summed E-state index contributed by atoms with van der Waals surface area (Å²) in [6, 6.07) is 12.7. The first kappa shape index (κ1) is 54.7. The van der Waals surface area contributed by atoms with Crippen molar-refractivity contribution in [1.29, 1.82) is 0 Å². The first-order valence-electron chi connectivity index (χ1n) is 23.1. The molecule has 20 unspecified atom stereocenters. The van der Waals surface area contributed by atoms with Crippen LogP contribution in [0.4, 0.5) is 0 Å². The summed E-state index contributed by atoms with van der Waals surface area (Å²) in [4.78, 5) is 27.6. The molecule has 0 spiro atoms. The van der Waals surface area contributed by atoms with Gasteiger partial charge in [0.2, 0.25) is 17.5 Å². The molecule has 0 amide bonds. The predicted molar refractivity (Wildman–Crippen MR) is 243 cm³/mol. The Balaban J connectivity index is 1.09. The van der Waals surface area contributed by atoms with Gasteiger partial charge in [-0.15, -0.1) is 0 Å². The van der Waals surface area contributed by atoms with Crippen molar-refractivity contribution in [3.05, 3.63) is 82.5 Å². The molecular formula is C48H56O26. The van der Waals surface area contributed by atoms with Crippen molar-refractivity contribution in [2.24, 2.45) is 0 Å². The number of benzene rings is 3. The van der Waals surface area contributed by atoms with E-state index < -0.39 is 176 Å². The largest absolute Gasteiger partial charge is 0.508 e. The highest BCUT2D eigenvalue weighted by molar-refractivity contribution is 5.88. The van der Waals surface area contributed by atoms with Crippen LogP contribution < -0.4 is 10.2 Å². The third-order valence-electron chi connectivity index (χ3n) is 12.9. The zero-order valence-corrected chi connectivity index (χ0v) is 39.0. The summed E-state index contributed by atoms with van der Waals surface area (Å²) in [6.45, 7) is 0.992. The van der Waals surface area contributed by atoms with Crippen LogP contribution in [-0.2, 0) is 42.7 Å². The second kappa shape index (κ2) is 22.7. The Kier molecular flexibility index (Phi) is 16.8. The number of aliphatic hydroxyl groups excluding tert-OH is 10. The maximum Gasteiger partial charge on any atom is 0.331 e. The number of ether oxygens (including phenoxy) is 9. The molecule has 4 aromatic rings. The first-order valence-corrected chi connectivity index (χ1v) is 23.1. The van der Waals surface area contributed by atoms with E-state index in [9.17, 15) is 81.1 Å². The number of carbonyl (C=O) groups excluding carboxylic acids is 1. The quantitative estimate of drug-likeness (QED) is 0.0450. The lowest BCUT2D eigenvalue weighted by atomic mass is 9.96. The van der Waals surface area contributed by atoms with Crippen LogP contribution in [0, 0.1) is 0 Å². The molecule has 404 valence electrons. The lowest BCUT2D eigenvalue weighted by molar-refractivity contribution is -0.368. The van der Waals surface area contributed by atoms with E-state index >= 15 is 0 Å². The molecule has 74 heavy (non-hydrogen) atoms. The fourth-order valence-corrected chi connectivity index (χ4v) is 8.75. The van der Waals surface area contributed by atoms with E-state index in [2.05, 4.69) is 0 Å². The van der Waals surface area contributed by atoms with Crippen molar-refractivity contribution in [3.63, 3.8) is 0 Å². The molecule has 20 atom stereocenters. The maximum atomic E-state index is 14.4. The van der Waals surface area contributed by atoms with Gasteiger partial charge in [-0.25, -0.2) is 4.79 Å². The Morgan fingerprint density at radius 2 is 1.18 bits per heavy atom. The summed E-state index contributed by atoms with van der Waals surface area (Å²) in [5, 5.41) is 149. The van der Waals surface area contributed by atoms with Gasteiger partial charge in [-0.3, -0.25) is 4.79 Å². The number of rotatable bonds is 14. The summed E-state index contributed by atoms with van der Waals surface area (Å²) in [6.07, 6.45) is -33.8. The van der Waals surface area contributed by atoms with Crippen molar-refractivity contribution in [3.8, 4) is 40.1 Å². The molecule has 3 aromatic carbocycles. The van der Waals surface area contributed by atoms with E-state index in [0.29, 0.717) is 5.56 Å². The fourth-order valence-electron chi connectivity index (χ4n) is 8.75. The first-order chi connectivity index (χ1) is 35.1. The molecule has 0 radical (unpaired) electrons. The molecule has 0 bridgehead atoms. The summed E-state index contributed by atoms with van der Waals surface area (Å²) in [5.74, 6) is -3.63. The Labute approximate surface area is 418 Å². The zero-order chi connectivity index (χ0) is 53.4. The number of phenols is 4. The standard InChI is InChI=1S/C48H56O26/c1-17-30(55)34(59)37(62)46(66-17)74-44-36(61)32(57)27(70-48(44)73-42-33(58)29-24(53)13-23(52)14-25(29)68-41(42)20-6-10-22(51)11-7-20)16-65-45-39(64)43(72-47-38(63)35(60)31(56)26(15-49)69-47)40(18(2)67-45)71-28(54)12-5-19-3-8-21(50)9-4-19/h3-14,17-18,26-27,30-32,34-40,43-53,55-57,59-64H,15-16H2,1-2H3. The van der Waals surface area contributed by atoms with Gasteiger partial charge in [0.1, 0.15) is 107 Å². The van der Waals surface area contributed by atoms with E-state index in [-0.39, 0.29) is 22.6 Å². The SMILES string of the molecule is CC1OC(OC2C(Oc3c(-c4ccc(O)cc4)oc4cc(O)cc(O)c4c3=O)OC(COC3OC(C)C(OC(=O)C=Cc4ccc(O)cc4)C(OC4OC(CO)C(O)C(O)C4O)C3O)C(O)C2O)C(O)C(O)C1O. The Bertz CT molecular complexity index is 2640. The Hall–Kier alpha value is -5.60. The van der Waals surface area contributed by atoms with Crippen LogP contribution in [-0.4, -0.2) is 213 Å². The second-order valence-corrected chi connectivity index (χ2v) is 18.1. The molecule has 26 nitrogen and oxygen atoms in total. The number of hydrogen-bond acceptors (Lipinski definition) is 26. The third kappa shape index (κ3) is 11.3. The monoisotopic (exact) mass is 1050 g/mol. The van der Waals surface area contributed by atoms with Crippen LogP contribution in [0.1, 0.15) is 19.4 Å². The highest BCUT2D eigenvalue weighted by Gasteiger charge is 2.54. The summed E-state index contributed by atoms with van der Waals surface area (Å²) >= 11 is 0. The van der Waals surface area contributed by atoms with E-state index in [1.54, 1.807) is 0 Å². The van der Waals surface area contributed by atoms with Crippen LogP contribution in [0.5, 0.6) is 28.7 Å². The number of fused-ring (bicyclic) bond motifs is 1. The minimum absolute atomic E-state index is 0.0336. The van der Waals surface area contributed by atoms with Gasteiger partial charge in [-0.05, 0) is 61.9 Å². The fraction of sp³-hybridized carbons (Fsp3) is 0.500. The van der Waals surface area contributed by atoms with Gasteiger partial charge in [-0.1, -0.05) is 12.1 Å². The molecule has 4 aliphatic rings. The summed E-state index contributed by atoms with van der Waals surface area (Å²) < 4.78 is 58.7. The lowest BCUT2D eigenvalue weighted by Crippen LogP contribution is -2.66. The Morgan fingerprint density at radius 1 is 0.595 bits per heavy atom. The highest BCUT2D eigenvalue weighted by Crippen LogP contribution is 2.39. The van der Waals surface area contributed by atoms with Crippen LogP contribution in [0.3, 0.4) is 0 Å². The normalized spacial score (nSPS) is 36.7. The van der Waals surface area contributed by atoms with Crippen molar-refractivity contribution >= 4 is 23.0 Å². The molecular weight excluding hydrogens is 993 g/mol. The smallest absolute Gasteiger partial charge is 0.331 e. The lowest BCUT2D eigenvalue weighted by Gasteiger charge is -2.47. The molecule has 0 aliphatic carbocycles. The number of hydrogen-bond donors (Lipinski definition) is 14. The molecule has 5 heterocycles. The van der Waals surface area contributed by atoms with Gasteiger partial charge < -0.3 is 119 Å². The number of carbonyl (C=O) groups is 1. The molecule has 14 N–H and O–H groups in total. The second-order valence-electron chi connectivity index (χ2n) is 18.1. The number of aliphatic hydroxyl groups is 10. The molecule has 4 saturated heterocycles. The van der Waals surface area contributed by atoms with Gasteiger partial charge in [0, 0.05) is 23.8 Å². The van der Waals surface area contributed by atoms with E-state index in [1.165, 1.54) is 68.5 Å². The van der Waals surface area contributed by atoms with Crippen LogP contribution in [0.2, 0.25) is 0 Å². The van der Waals surface area contributed by atoms with Gasteiger partial charge >= 0.3 is 5.97 Å². The number of esters is 1. The molecule has 0 saturated carbocycles. The van der Waals surface area contributed by atoms with Crippen molar-refractivity contribution in [1.82, 2.24) is 0 Å². The minimum Gasteiger partial charge on any atom is -0.508 e. The van der Waals surface area contributed by atoms with Gasteiger partial charge in [0.25, 0.3) is 0 Å². The summed E-state index contributed by atoms with van der Waals surface area (Å²) in [7, 11) is 0. The molecule has 4 fully saturated rings. The number of aromatic hydroxyl groups is 4. The molecule has 1 aromatic heterocycles. The van der Waals surface area contributed by atoms with Crippen LogP contribution >= 0.6 is 0 Å². The van der Waals surface area contributed by atoms with Crippen molar-refractivity contribution < 1.29 is 123 Å². The predicted octanol–water partition coefficient (Wildman–Crippen LogP) is -2.75. The molecule has 26 heteroatoms. The highest BCUT2D eigenvalue weighted by atomic mass is 16.8. The minimum atomic E-state index is -2.15. The Morgan fingerprint density at radius 3 is 1.84 bits per heavy atom. The topological polar surface area (TPSA) is 414 Å². The van der Waals surface area contributed by atoms with Gasteiger partial charge in [0.05, 0.1) is 25.4 Å². The van der Waals surface area contributed by atoms with E-state index in [0.717, 1.165) is 18.2 Å². The van der Waals surface area contributed by atoms with Gasteiger partial charge in [-0.2, -0.15) is 0 Å². The molecule has 4 aliphatic heterocycles. The third-order valence-corrected chi connectivity index (χ3v) is 12.9. The van der Waals surface area contributed by atoms with E-state index in [1.807, 2.05) is 0 Å². The maximum absolute atomic E-state index is 14.4.